The third-order valence-corrected chi connectivity index (χ3v) is 3.38. The van der Waals surface area contributed by atoms with Gasteiger partial charge in [0.15, 0.2) is 0 Å². The lowest BCUT2D eigenvalue weighted by molar-refractivity contribution is -0.384. The molecule has 1 saturated heterocycles. The molecule has 19 heavy (non-hydrogen) atoms. The molecule has 1 aromatic rings. The molecule has 1 aliphatic heterocycles. The summed E-state index contributed by atoms with van der Waals surface area (Å²) in [6.45, 7) is 4.68. The Morgan fingerprint density at radius 3 is 3.05 bits per heavy atom. The van der Waals surface area contributed by atoms with Gasteiger partial charge in [0.05, 0.1) is 4.92 Å². The molecule has 1 fully saturated rings. The second-order valence-electron chi connectivity index (χ2n) is 5.01. The van der Waals surface area contributed by atoms with Gasteiger partial charge in [0, 0.05) is 26.2 Å². The molecule has 106 valence electrons. The Morgan fingerprint density at radius 2 is 2.47 bits per heavy atom. The molecule has 2 rings (SSSR count). The van der Waals surface area contributed by atoms with E-state index in [9.17, 15) is 10.1 Å². The summed E-state index contributed by atoms with van der Waals surface area (Å²) < 4.78 is 1.51. The van der Waals surface area contributed by atoms with Crippen LogP contribution in [0.25, 0.3) is 0 Å². The predicted octanol–water partition coefficient (Wildman–Crippen LogP) is 1.30. The molecular weight excluding hydrogens is 246 g/mol. The first-order valence-electron chi connectivity index (χ1n) is 6.78. The summed E-state index contributed by atoms with van der Waals surface area (Å²) in [5.41, 5.74) is 0.0916. The van der Waals surface area contributed by atoms with Crippen LogP contribution in [0.2, 0.25) is 0 Å². The molecule has 1 aliphatic rings. The number of hydrogen-bond acceptors (Lipinski definition) is 5. The number of aromatic nitrogens is 2. The summed E-state index contributed by atoms with van der Waals surface area (Å²) >= 11 is 0. The fraction of sp³-hybridized carbons (Fsp3) is 0.750. The Morgan fingerprint density at radius 1 is 1.68 bits per heavy atom. The van der Waals surface area contributed by atoms with Crippen LogP contribution < -0.4 is 10.2 Å². The van der Waals surface area contributed by atoms with Gasteiger partial charge in [0.2, 0.25) is 5.82 Å². The van der Waals surface area contributed by atoms with Crippen LogP contribution in [0.1, 0.15) is 26.2 Å². The average molecular weight is 267 g/mol. The largest absolute Gasteiger partial charge is 0.348 e. The van der Waals surface area contributed by atoms with E-state index >= 15 is 0 Å². The first-order valence-corrected chi connectivity index (χ1v) is 6.78. The third kappa shape index (κ3) is 3.23. The van der Waals surface area contributed by atoms with Gasteiger partial charge < -0.3 is 10.2 Å². The van der Waals surface area contributed by atoms with Gasteiger partial charge in [-0.3, -0.25) is 14.8 Å². The highest BCUT2D eigenvalue weighted by molar-refractivity contribution is 5.56. The van der Waals surface area contributed by atoms with E-state index in [1.165, 1.54) is 17.3 Å². The molecule has 1 unspecified atom stereocenters. The minimum Gasteiger partial charge on any atom is -0.348 e. The van der Waals surface area contributed by atoms with E-state index in [0.717, 1.165) is 32.5 Å². The van der Waals surface area contributed by atoms with Crippen LogP contribution in [-0.4, -0.2) is 40.4 Å². The van der Waals surface area contributed by atoms with Crippen molar-refractivity contribution in [1.82, 2.24) is 15.1 Å². The number of anilines is 1. The number of aryl methyl sites for hydroxylation is 1. The van der Waals surface area contributed by atoms with Crippen LogP contribution >= 0.6 is 0 Å². The van der Waals surface area contributed by atoms with Crippen molar-refractivity contribution in [2.75, 3.05) is 24.5 Å². The first-order chi connectivity index (χ1) is 9.11. The lowest BCUT2D eigenvalue weighted by Gasteiger charge is -2.24. The predicted molar refractivity (Wildman–Crippen MR) is 73.4 cm³/mol. The molecule has 0 spiro atoms. The van der Waals surface area contributed by atoms with Crippen LogP contribution in [0.5, 0.6) is 0 Å². The number of nitro groups is 1. The van der Waals surface area contributed by atoms with Gasteiger partial charge in [-0.25, -0.2) is 0 Å². The first kappa shape index (κ1) is 13.8. The maximum absolute atomic E-state index is 11.1. The summed E-state index contributed by atoms with van der Waals surface area (Å²) in [5.74, 6) is 0.489. The number of hydrogen-bond donors (Lipinski definition) is 1. The number of nitrogens with one attached hydrogen (secondary N) is 1. The molecule has 0 aromatic carbocycles. The fourth-order valence-electron chi connectivity index (χ4n) is 2.55. The molecule has 2 heterocycles. The van der Waals surface area contributed by atoms with E-state index < -0.39 is 0 Å². The highest BCUT2D eigenvalue weighted by atomic mass is 16.6. The highest BCUT2D eigenvalue weighted by Crippen LogP contribution is 2.26. The van der Waals surface area contributed by atoms with Crippen molar-refractivity contribution in [2.24, 2.45) is 7.05 Å². The van der Waals surface area contributed by atoms with Gasteiger partial charge in [0.25, 0.3) is 0 Å². The second kappa shape index (κ2) is 6.01. The summed E-state index contributed by atoms with van der Waals surface area (Å²) in [5, 5.41) is 18.8. The van der Waals surface area contributed by atoms with Crippen molar-refractivity contribution >= 4 is 11.5 Å². The Kier molecular flexibility index (Phi) is 4.36. The molecular formula is C12H21N5O2. The second-order valence-corrected chi connectivity index (χ2v) is 5.01. The van der Waals surface area contributed by atoms with Crippen LogP contribution in [-0.2, 0) is 7.05 Å². The van der Waals surface area contributed by atoms with Crippen LogP contribution in [0.4, 0.5) is 11.5 Å². The Balaban J connectivity index is 2.19. The molecule has 0 saturated carbocycles. The van der Waals surface area contributed by atoms with Gasteiger partial charge in [-0.1, -0.05) is 6.92 Å². The minimum atomic E-state index is -0.354. The maximum Gasteiger partial charge on any atom is 0.330 e. The zero-order valence-electron chi connectivity index (χ0n) is 11.5. The Bertz CT molecular complexity index is 439. The van der Waals surface area contributed by atoms with Gasteiger partial charge in [-0.15, -0.1) is 5.10 Å². The van der Waals surface area contributed by atoms with E-state index in [0.29, 0.717) is 11.9 Å². The normalized spacial score (nSPS) is 18.7. The van der Waals surface area contributed by atoms with Crippen molar-refractivity contribution in [3.05, 3.63) is 16.3 Å². The number of rotatable bonds is 6. The SMILES string of the molecule is CCCN(CC1CCCN1)c1nn(C)cc1[N+](=O)[O-]. The van der Waals surface area contributed by atoms with Gasteiger partial charge in [0.1, 0.15) is 6.20 Å². The number of nitrogens with zero attached hydrogens (tertiary/aromatic N) is 4. The highest BCUT2D eigenvalue weighted by Gasteiger charge is 2.26. The summed E-state index contributed by atoms with van der Waals surface area (Å²) in [6.07, 6.45) is 4.72. The average Bonchev–Trinajstić information content (AvgIpc) is 2.97. The molecule has 7 heteroatoms. The lowest BCUT2D eigenvalue weighted by atomic mass is 10.2. The zero-order chi connectivity index (χ0) is 13.8. The minimum absolute atomic E-state index is 0.0916. The van der Waals surface area contributed by atoms with Crippen LogP contribution in [0, 0.1) is 10.1 Å². The van der Waals surface area contributed by atoms with Gasteiger partial charge in [-0.2, -0.15) is 0 Å². The third-order valence-electron chi connectivity index (χ3n) is 3.38. The fourth-order valence-corrected chi connectivity index (χ4v) is 2.55. The molecule has 1 atom stereocenters. The molecule has 0 aliphatic carbocycles. The molecule has 1 aromatic heterocycles. The van der Waals surface area contributed by atoms with Crippen molar-refractivity contribution in [3.63, 3.8) is 0 Å². The summed E-state index contributed by atoms with van der Waals surface area (Å²) in [6, 6.07) is 0.410. The van der Waals surface area contributed by atoms with Crippen molar-refractivity contribution < 1.29 is 4.92 Å². The molecule has 0 amide bonds. The quantitative estimate of drug-likeness (QED) is 0.621. The monoisotopic (exact) mass is 267 g/mol. The topological polar surface area (TPSA) is 76.2 Å². The van der Waals surface area contributed by atoms with Crippen molar-refractivity contribution in [2.45, 2.75) is 32.2 Å². The molecule has 7 nitrogen and oxygen atoms in total. The Labute approximate surface area is 112 Å². The Hall–Kier alpha value is -1.63. The van der Waals surface area contributed by atoms with Gasteiger partial charge in [-0.05, 0) is 25.8 Å². The van der Waals surface area contributed by atoms with E-state index in [4.69, 9.17) is 0 Å². The van der Waals surface area contributed by atoms with E-state index in [1.54, 1.807) is 7.05 Å². The smallest absolute Gasteiger partial charge is 0.330 e. The van der Waals surface area contributed by atoms with Crippen LogP contribution in [0.15, 0.2) is 6.20 Å². The molecule has 0 radical (unpaired) electrons. The lowest BCUT2D eigenvalue weighted by Crippen LogP contribution is -2.38. The van der Waals surface area contributed by atoms with Crippen molar-refractivity contribution in [1.29, 1.82) is 0 Å². The van der Waals surface area contributed by atoms with Crippen molar-refractivity contribution in [3.8, 4) is 0 Å². The summed E-state index contributed by atoms with van der Waals surface area (Å²) in [7, 11) is 1.72. The van der Waals surface area contributed by atoms with Gasteiger partial charge >= 0.3 is 5.69 Å². The van der Waals surface area contributed by atoms with E-state index in [2.05, 4.69) is 17.3 Å². The standard InChI is InChI=1S/C12H21N5O2/c1-3-7-16(8-10-5-4-6-13-10)12-11(17(18)19)9-15(2)14-12/h9-10,13H,3-8H2,1-2H3. The van der Waals surface area contributed by atoms with E-state index in [-0.39, 0.29) is 10.6 Å². The van der Waals surface area contributed by atoms with E-state index in [1.807, 2.05) is 4.90 Å². The maximum atomic E-state index is 11.1. The zero-order valence-corrected chi connectivity index (χ0v) is 11.5. The van der Waals surface area contributed by atoms with Crippen LogP contribution in [0.3, 0.4) is 0 Å². The molecule has 0 bridgehead atoms. The summed E-state index contributed by atoms with van der Waals surface area (Å²) in [4.78, 5) is 12.8. The molecule has 1 N–H and O–H groups in total.